The minimum atomic E-state index is -0.652. The summed E-state index contributed by atoms with van der Waals surface area (Å²) in [6.07, 6.45) is 0.954. The molecule has 0 radical (unpaired) electrons. The molecule has 0 aromatic heterocycles. The van der Waals surface area contributed by atoms with Crippen molar-refractivity contribution in [3.8, 4) is 11.5 Å². The summed E-state index contributed by atoms with van der Waals surface area (Å²) in [7, 11) is 0. The maximum atomic E-state index is 13.9. The third kappa shape index (κ3) is 3.87. The number of carbonyl (C=O) groups is 1. The van der Waals surface area contributed by atoms with Crippen LogP contribution in [-0.4, -0.2) is 18.6 Å². The molecule has 0 saturated heterocycles. The summed E-state index contributed by atoms with van der Waals surface area (Å²) in [4.78, 5) is 12.2. The molecule has 0 saturated carbocycles. The van der Waals surface area contributed by atoms with Crippen molar-refractivity contribution in [3.05, 3.63) is 57.9 Å². The van der Waals surface area contributed by atoms with Gasteiger partial charge in [-0.05, 0) is 44.2 Å². The molecule has 2 aromatic rings. The zero-order valence-electron chi connectivity index (χ0n) is 14.1. The van der Waals surface area contributed by atoms with Gasteiger partial charge < -0.3 is 14.8 Å². The van der Waals surface area contributed by atoms with Crippen LogP contribution in [0.25, 0.3) is 0 Å². The summed E-state index contributed by atoms with van der Waals surface area (Å²) < 4.78 is 25.3. The molecule has 1 atom stereocenters. The highest BCUT2D eigenvalue weighted by Crippen LogP contribution is 2.35. The Bertz CT molecular complexity index is 809. The Labute approximate surface area is 150 Å². The van der Waals surface area contributed by atoms with E-state index in [2.05, 4.69) is 5.32 Å². The summed E-state index contributed by atoms with van der Waals surface area (Å²) in [5, 5.41) is 2.97. The molecule has 1 heterocycles. The molecule has 2 aromatic carbocycles. The molecule has 1 unspecified atom stereocenters. The van der Waals surface area contributed by atoms with Gasteiger partial charge in [-0.25, -0.2) is 4.39 Å². The Morgan fingerprint density at radius 1 is 1.40 bits per heavy atom. The molecule has 132 valence electrons. The SMILES string of the molecule is CCOc1cc2c(cc1CNC(=O)c1ccc(Cl)cc1F)OC(C)C2. The Kier molecular flexibility index (Phi) is 5.13. The molecule has 6 heteroatoms. The van der Waals surface area contributed by atoms with E-state index in [1.54, 1.807) is 0 Å². The number of halogens is 2. The predicted molar refractivity (Wildman–Crippen MR) is 94.0 cm³/mol. The molecular formula is C19H19ClFNO3. The van der Waals surface area contributed by atoms with E-state index < -0.39 is 11.7 Å². The lowest BCUT2D eigenvalue weighted by Crippen LogP contribution is -2.24. The molecule has 1 aliphatic heterocycles. The van der Waals surface area contributed by atoms with E-state index in [4.69, 9.17) is 21.1 Å². The van der Waals surface area contributed by atoms with E-state index in [1.165, 1.54) is 12.1 Å². The van der Waals surface area contributed by atoms with Gasteiger partial charge in [0.15, 0.2) is 0 Å². The predicted octanol–water partition coefficient (Wildman–Crippen LogP) is 4.13. The van der Waals surface area contributed by atoms with Crippen LogP contribution in [0.1, 0.15) is 35.3 Å². The maximum absolute atomic E-state index is 13.9. The van der Waals surface area contributed by atoms with Crippen LogP contribution in [0.3, 0.4) is 0 Å². The van der Waals surface area contributed by atoms with Crippen molar-refractivity contribution in [1.82, 2.24) is 5.32 Å². The van der Waals surface area contributed by atoms with Crippen molar-refractivity contribution in [2.45, 2.75) is 32.9 Å². The van der Waals surface area contributed by atoms with E-state index in [9.17, 15) is 9.18 Å². The molecule has 25 heavy (non-hydrogen) atoms. The monoisotopic (exact) mass is 363 g/mol. The first kappa shape index (κ1) is 17.5. The summed E-state index contributed by atoms with van der Waals surface area (Å²) >= 11 is 5.71. The van der Waals surface area contributed by atoms with Gasteiger partial charge >= 0.3 is 0 Å². The second-order valence-electron chi connectivity index (χ2n) is 5.94. The van der Waals surface area contributed by atoms with Gasteiger partial charge in [-0.1, -0.05) is 11.6 Å². The molecule has 1 amide bonds. The standard InChI is InChI=1S/C19H19ClFNO3/c1-3-24-17-7-12-6-11(2)25-18(12)8-13(17)10-22-19(23)15-5-4-14(20)9-16(15)21/h4-5,7-9,11H,3,6,10H2,1-2H3,(H,22,23). The topological polar surface area (TPSA) is 47.6 Å². The number of hydrogen-bond donors (Lipinski definition) is 1. The number of amides is 1. The lowest BCUT2D eigenvalue weighted by atomic mass is 10.1. The molecule has 0 fully saturated rings. The minimum absolute atomic E-state index is 0.0478. The van der Waals surface area contributed by atoms with Crippen molar-refractivity contribution in [2.75, 3.05) is 6.61 Å². The highest BCUT2D eigenvalue weighted by atomic mass is 35.5. The number of ether oxygens (including phenoxy) is 2. The lowest BCUT2D eigenvalue weighted by molar-refractivity contribution is 0.0946. The molecular weight excluding hydrogens is 345 g/mol. The number of nitrogens with one attached hydrogen (secondary N) is 1. The number of benzene rings is 2. The fourth-order valence-corrected chi connectivity index (χ4v) is 3.01. The van der Waals surface area contributed by atoms with Crippen LogP contribution in [-0.2, 0) is 13.0 Å². The van der Waals surface area contributed by atoms with Crippen molar-refractivity contribution in [1.29, 1.82) is 0 Å². The summed E-state index contributed by atoms with van der Waals surface area (Å²) in [6, 6.07) is 7.79. The van der Waals surface area contributed by atoms with E-state index in [0.29, 0.717) is 12.4 Å². The third-order valence-corrected chi connectivity index (χ3v) is 4.23. The van der Waals surface area contributed by atoms with Gasteiger partial charge in [-0.3, -0.25) is 4.79 Å². The first-order valence-electron chi connectivity index (χ1n) is 8.16. The van der Waals surface area contributed by atoms with Gasteiger partial charge in [0.1, 0.15) is 23.4 Å². The third-order valence-electron chi connectivity index (χ3n) is 3.99. The summed E-state index contributed by atoms with van der Waals surface area (Å²) in [5.74, 6) is 0.348. The average Bonchev–Trinajstić information content (AvgIpc) is 2.91. The second-order valence-corrected chi connectivity index (χ2v) is 6.38. The van der Waals surface area contributed by atoms with Crippen LogP contribution in [0.2, 0.25) is 5.02 Å². The second kappa shape index (κ2) is 7.31. The highest BCUT2D eigenvalue weighted by Gasteiger charge is 2.22. The zero-order chi connectivity index (χ0) is 18.0. The lowest BCUT2D eigenvalue weighted by Gasteiger charge is -2.13. The molecule has 1 aliphatic rings. The van der Waals surface area contributed by atoms with Crippen LogP contribution >= 0.6 is 11.6 Å². The average molecular weight is 364 g/mol. The number of carbonyl (C=O) groups excluding carboxylic acids is 1. The van der Waals surface area contributed by atoms with Crippen LogP contribution < -0.4 is 14.8 Å². The van der Waals surface area contributed by atoms with E-state index in [1.807, 2.05) is 26.0 Å². The Morgan fingerprint density at radius 3 is 2.92 bits per heavy atom. The van der Waals surface area contributed by atoms with Gasteiger partial charge in [0.05, 0.1) is 12.2 Å². The zero-order valence-corrected chi connectivity index (χ0v) is 14.8. The summed E-state index contributed by atoms with van der Waals surface area (Å²) in [5.41, 5.74) is 1.83. The molecule has 0 spiro atoms. The molecule has 1 N–H and O–H groups in total. The normalized spacial score (nSPS) is 15.4. The van der Waals surface area contributed by atoms with Gasteiger partial charge in [0, 0.05) is 29.1 Å². The quantitative estimate of drug-likeness (QED) is 0.868. The maximum Gasteiger partial charge on any atom is 0.254 e. The molecule has 0 aliphatic carbocycles. The van der Waals surface area contributed by atoms with Gasteiger partial charge in [0.25, 0.3) is 5.91 Å². The van der Waals surface area contributed by atoms with Crippen LogP contribution in [0.15, 0.2) is 30.3 Å². The highest BCUT2D eigenvalue weighted by molar-refractivity contribution is 6.30. The smallest absolute Gasteiger partial charge is 0.254 e. The summed E-state index contributed by atoms with van der Waals surface area (Å²) in [6.45, 7) is 4.63. The first-order chi connectivity index (χ1) is 12.0. The molecule has 0 bridgehead atoms. The molecule has 3 rings (SSSR count). The first-order valence-corrected chi connectivity index (χ1v) is 8.54. The van der Waals surface area contributed by atoms with Gasteiger partial charge in [0.2, 0.25) is 0 Å². The van der Waals surface area contributed by atoms with Crippen molar-refractivity contribution in [3.63, 3.8) is 0 Å². The largest absolute Gasteiger partial charge is 0.494 e. The minimum Gasteiger partial charge on any atom is -0.494 e. The van der Waals surface area contributed by atoms with E-state index in [-0.39, 0.29) is 23.2 Å². The van der Waals surface area contributed by atoms with E-state index >= 15 is 0 Å². The number of hydrogen-bond acceptors (Lipinski definition) is 3. The number of rotatable bonds is 5. The molecule has 4 nitrogen and oxygen atoms in total. The fourth-order valence-electron chi connectivity index (χ4n) is 2.85. The van der Waals surface area contributed by atoms with Gasteiger partial charge in [-0.2, -0.15) is 0 Å². The van der Waals surface area contributed by atoms with Crippen LogP contribution in [0.4, 0.5) is 4.39 Å². The van der Waals surface area contributed by atoms with Crippen LogP contribution in [0, 0.1) is 5.82 Å². The van der Waals surface area contributed by atoms with Crippen molar-refractivity contribution < 1.29 is 18.7 Å². The van der Waals surface area contributed by atoms with E-state index in [0.717, 1.165) is 29.4 Å². The fraction of sp³-hybridized carbons (Fsp3) is 0.316. The number of fused-ring (bicyclic) bond motifs is 1. The Hall–Kier alpha value is -2.27. The Morgan fingerprint density at radius 2 is 2.20 bits per heavy atom. The van der Waals surface area contributed by atoms with Crippen LogP contribution in [0.5, 0.6) is 11.5 Å². The van der Waals surface area contributed by atoms with Gasteiger partial charge in [-0.15, -0.1) is 0 Å². The van der Waals surface area contributed by atoms with Crippen molar-refractivity contribution >= 4 is 17.5 Å². The Balaban J connectivity index is 1.78. The van der Waals surface area contributed by atoms with Crippen molar-refractivity contribution in [2.24, 2.45) is 0 Å².